The fraction of sp³-hybridized carbons (Fsp3) is 0.214. The van der Waals surface area contributed by atoms with Gasteiger partial charge in [-0.2, -0.15) is 13.2 Å². The molecular weight excluding hydrogens is 321 g/mol. The van der Waals surface area contributed by atoms with Crippen molar-refractivity contribution in [2.24, 2.45) is 5.73 Å². The number of alkyl halides is 3. The Morgan fingerprint density at radius 2 is 1.86 bits per heavy atom. The number of pyridine rings is 1. The van der Waals surface area contributed by atoms with Crippen LogP contribution in [0.2, 0.25) is 5.02 Å². The van der Waals surface area contributed by atoms with E-state index in [4.69, 9.17) is 17.3 Å². The summed E-state index contributed by atoms with van der Waals surface area (Å²) in [7, 11) is 0. The summed E-state index contributed by atoms with van der Waals surface area (Å²) in [6.07, 6.45) is -3.14. The van der Waals surface area contributed by atoms with E-state index in [1.807, 2.05) is 0 Å². The maximum Gasteiger partial charge on any atom is 0.417 e. The number of halogens is 4. The number of aromatic nitrogens is 1. The van der Waals surface area contributed by atoms with Gasteiger partial charge < -0.3 is 5.73 Å². The molecule has 0 unspecified atom stereocenters. The molecule has 2 N–H and O–H groups in total. The van der Waals surface area contributed by atoms with Gasteiger partial charge in [-0.05, 0) is 36.9 Å². The second-order valence-corrected chi connectivity index (χ2v) is 5.81. The normalized spacial score (nSPS) is 11.7. The zero-order valence-electron chi connectivity index (χ0n) is 10.8. The van der Waals surface area contributed by atoms with Crippen LogP contribution in [-0.4, -0.2) is 11.5 Å². The SMILES string of the molecule is NCCc1ncc(C(F)(F)F)cc1Sc1ccc(Cl)cc1. The summed E-state index contributed by atoms with van der Waals surface area (Å²) < 4.78 is 38.4. The van der Waals surface area contributed by atoms with Crippen molar-refractivity contribution in [2.75, 3.05) is 6.54 Å². The molecule has 0 bridgehead atoms. The quantitative estimate of drug-likeness (QED) is 0.901. The Hall–Kier alpha value is -1.24. The van der Waals surface area contributed by atoms with Crippen LogP contribution in [0.4, 0.5) is 13.2 Å². The fourth-order valence-corrected chi connectivity index (χ4v) is 2.78. The third kappa shape index (κ3) is 4.36. The maximum atomic E-state index is 12.8. The molecule has 1 heterocycles. The van der Waals surface area contributed by atoms with Gasteiger partial charge in [0.15, 0.2) is 0 Å². The first-order valence-electron chi connectivity index (χ1n) is 6.10. The minimum atomic E-state index is -4.41. The van der Waals surface area contributed by atoms with Crippen molar-refractivity contribution in [3.05, 3.63) is 52.8 Å². The summed E-state index contributed by atoms with van der Waals surface area (Å²) >= 11 is 7.01. The first-order valence-corrected chi connectivity index (χ1v) is 7.29. The van der Waals surface area contributed by atoms with Crippen LogP contribution < -0.4 is 5.73 Å². The lowest BCUT2D eigenvalue weighted by molar-refractivity contribution is -0.138. The Labute approximate surface area is 129 Å². The van der Waals surface area contributed by atoms with Crippen molar-refractivity contribution in [3.63, 3.8) is 0 Å². The van der Waals surface area contributed by atoms with Crippen LogP contribution in [0.1, 0.15) is 11.3 Å². The number of benzene rings is 1. The number of hydrogen-bond donors (Lipinski definition) is 1. The van der Waals surface area contributed by atoms with Crippen LogP contribution in [0.15, 0.2) is 46.3 Å². The monoisotopic (exact) mass is 332 g/mol. The molecular formula is C14H12ClF3N2S. The van der Waals surface area contributed by atoms with E-state index in [1.165, 1.54) is 11.8 Å². The summed E-state index contributed by atoms with van der Waals surface area (Å²) in [5, 5.41) is 0.573. The fourth-order valence-electron chi connectivity index (χ4n) is 1.67. The average Bonchev–Trinajstić information content (AvgIpc) is 2.42. The van der Waals surface area contributed by atoms with Gasteiger partial charge in [0.2, 0.25) is 0 Å². The average molecular weight is 333 g/mol. The topological polar surface area (TPSA) is 38.9 Å². The van der Waals surface area contributed by atoms with E-state index in [1.54, 1.807) is 24.3 Å². The van der Waals surface area contributed by atoms with Crippen molar-refractivity contribution in [3.8, 4) is 0 Å². The Balaban J connectivity index is 2.36. The standard InChI is InChI=1S/C14H12ClF3N2S/c15-10-1-3-11(4-2-10)21-13-7-9(14(16,17)18)8-20-12(13)5-6-19/h1-4,7-8H,5-6,19H2. The lowest BCUT2D eigenvalue weighted by atomic mass is 10.2. The summed E-state index contributed by atoms with van der Waals surface area (Å²) in [6, 6.07) is 7.98. The molecule has 1 aromatic heterocycles. The minimum absolute atomic E-state index is 0.326. The summed E-state index contributed by atoms with van der Waals surface area (Å²) in [4.78, 5) is 5.15. The van der Waals surface area contributed by atoms with E-state index in [0.29, 0.717) is 28.6 Å². The highest BCUT2D eigenvalue weighted by Gasteiger charge is 2.31. The van der Waals surface area contributed by atoms with Crippen LogP contribution in [0.25, 0.3) is 0 Å². The molecule has 0 aliphatic heterocycles. The number of nitrogens with zero attached hydrogens (tertiary/aromatic N) is 1. The lowest BCUT2D eigenvalue weighted by Crippen LogP contribution is -2.10. The van der Waals surface area contributed by atoms with Crippen LogP contribution in [-0.2, 0) is 12.6 Å². The van der Waals surface area contributed by atoms with E-state index in [-0.39, 0.29) is 0 Å². The van der Waals surface area contributed by atoms with Crippen LogP contribution in [0, 0.1) is 0 Å². The maximum absolute atomic E-state index is 12.8. The second kappa shape index (κ2) is 6.68. The first kappa shape index (κ1) is 16.1. The Morgan fingerprint density at radius 3 is 2.43 bits per heavy atom. The van der Waals surface area contributed by atoms with Gasteiger partial charge in [-0.25, -0.2) is 0 Å². The molecule has 0 aliphatic carbocycles. The third-order valence-corrected chi connectivity index (χ3v) is 4.01. The number of nitrogens with two attached hydrogens (primary N) is 1. The smallest absolute Gasteiger partial charge is 0.330 e. The molecule has 0 saturated heterocycles. The Bertz CT molecular complexity index is 615. The molecule has 0 spiro atoms. The highest BCUT2D eigenvalue weighted by Crippen LogP contribution is 2.35. The number of hydrogen-bond acceptors (Lipinski definition) is 3. The van der Waals surface area contributed by atoms with Gasteiger partial charge in [-0.15, -0.1) is 0 Å². The zero-order valence-corrected chi connectivity index (χ0v) is 12.4. The van der Waals surface area contributed by atoms with E-state index in [9.17, 15) is 13.2 Å². The number of rotatable bonds is 4. The molecule has 0 aliphatic rings. The summed E-state index contributed by atoms with van der Waals surface area (Å²) in [5.41, 5.74) is 5.27. The van der Waals surface area contributed by atoms with E-state index < -0.39 is 11.7 Å². The van der Waals surface area contributed by atoms with Gasteiger partial charge in [0.25, 0.3) is 0 Å². The van der Waals surface area contributed by atoms with Gasteiger partial charge >= 0.3 is 6.18 Å². The molecule has 2 nitrogen and oxygen atoms in total. The minimum Gasteiger partial charge on any atom is -0.330 e. The van der Waals surface area contributed by atoms with E-state index >= 15 is 0 Å². The molecule has 0 saturated carbocycles. The Kier molecular flexibility index (Phi) is 5.13. The largest absolute Gasteiger partial charge is 0.417 e. The molecule has 7 heteroatoms. The van der Waals surface area contributed by atoms with Crippen LogP contribution in [0.5, 0.6) is 0 Å². The molecule has 0 fully saturated rings. The second-order valence-electron chi connectivity index (χ2n) is 4.26. The van der Waals surface area contributed by atoms with Gasteiger partial charge in [-0.1, -0.05) is 23.4 Å². The first-order chi connectivity index (χ1) is 9.90. The van der Waals surface area contributed by atoms with Crippen LogP contribution >= 0.6 is 23.4 Å². The van der Waals surface area contributed by atoms with Gasteiger partial charge in [0.1, 0.15) is 0 Å². The predicted molar refractivity (Wildman–Crippen MR) is 77.6 cm³/mol. The molecule has 0 amide bonds. The summed E-state index contributed by atoms with van der Waals surface area (Å²) in [5.74, 6) is 0. The van der Waals surface area contributed by atoms with Crippen molar-refractivity contribution >= 4 is 23.4 Å². The molecule has 0 atom stereocenters. The van der Waals surface area contributed by atoms with Crippen molar-refractivity contribution in [1.29, 1.82) is 0 Å². The molecule has 0 radical (unpaired) electrons. The molecule has 2 aromatic rings. The van der Waals surface area contributed by atoms with E-state index in [2.05, 4.69) is 4.98 Å². The molecule has 21 heavy (non-hydrogen) atoms. The van der Waals surface area contributed by atoms with Crippen molar-refractivity contribution in [2.45, 2.75) is 22.4 Å². The third-order valence-electron chi connectivity index (χ3n) is 2.68. The lowest BCUT2D eigenvalue weighted by Gasteiger charge is -2.12. The molecule has 112 valence electrons. The highest BCUT2D eigenvalue weighted by atomic mass is 35.5. The van der Waals surface area contributed by atoms with Crippen LogP contribution in [0.3, 0.4) is 0 Å². The van der Waals surface area contributed by atoms with Gasteiger partial charge in [0, 0.05) is 27.4 Å². The molecule has 1 aromatic carbocycles. The zero-order chi connectivity index (χ0) is 15.5. The van der Waals surface area contributed by atoms with Gasteiger partial charge in [-0.3, -0.25) is 4.98 Å². The van der Waals surface area contributed by atoms with E-state index in [0.717, 1.165) is 17.2 Å². The highest BCUT2D eigenvalue weighted by molar-refractivity contribution is 7.99. The predicted octanol–water partition coefficient (Wildman–Crippen LogP) is 4.41. The Morgan fingerprint density at radius 1 is 1.19 bits per heavy atom. The summed E-state index contributed by atoms with van der Waals surface area (Å²) in [6.45, 7) is 0.326. The van der Waals surface area contributed by atoms with Crippen molar-refractivity contribution in [1.82, 2.24) is 4.98 Å². The van der Waals surface area contributed by atoms with Crippen molar-refractivity contribution < 1.29 is 13.2 Å². The van der Waals surface area contributed by atoms with Gasteiger partial charge in [0.05, 0.1) is 11.3 Å². The molecule has 2 rings (SSSR count).